The minimum atomic E-state index is 0.373. The van der Waals surface area contributed by atoms with Gasteiger partial charge in [0.15, 0.2) is 0 Å². The Hall–Kier alpha value is -0.590. The van der Waals surface area contributed by atoms with Gasteiger partial charge in [-0.15, -0.1) is 0 Å². The van der Waals surface area contributed by atoms with Crippen molar-refractivity contribution in [1.29, 1.82) is 0 Å². The fourth-order valence-corrected chi connectivity index (χ4v) is 1.15. The highest BCUT2D eigenvalue weighted by atomic mass is 16.1. The largest absolute Gasteiger partial charge is 0.299 e. The van der Waals surface area contributed by atoms with Crippen LogP contribution in [0.5, 0.6) is 0 Å². The quantitative estimate of drug-likeness (QED) is 0.357. The van der Waals surface area contributed by atoms with Crippen molar-refractivity contribution in [3.63, 3.8) is 0 Å². The molecule has 0 radical (unpaired) electrons. The van der Waals surface area contributed by atoms with E-state index in [4.69, 9.17) is 0 Å². The second-order valence-electron chi connectivity index (χ2n) is 2.67. The molecule has 0 aliphatic heterocycles. The van der Waals surface area contributed by atoms with E-state index in [1.54, 1.807) is 0 Å². The van der Waals surface area contributed by atoms with Gasteiger partial charge in [0, 0.05) is 12.8 Å². The van der Waals surface area contributed by atoms with Gasteiger partial charge in [0.05, 0.1) is 0 Å². The maximum absolute atomic E-state index is 10.8. The molecule has 50 valence electrons. The van der Waals surface area contributed by atoms with Crippen molar-refractivity contribution >= 4 is 5.78 Å². The summed E-state index contributed by atoms with van der Waals surface area (Å²) in [5.74, 6) is 0.373. The second-order valence-corrected chi connectivity index (χ2v) is 2.67. The maximum Gasteiger partial charge on any atom is 0.136 e. The lowest BCUT2D eigenvalue weighted by Gasteiger charge is -1.93. The molecule has 0 atom stereocenters. The number of carbonyl (C=O) groups excluding carboxylic acids is 1. The third kappa shape index (κ3) is 2.00. The predicted octanol–water partition coefficient (Wildman–Crippen LogP) is 2.08. The third-order valence-corrected chi connectivity index (χ3v) is 1.68. The number of allylic oxidation sites excluding steroid dienone is 1. The summed E-state index contributed by atoms with van der Waals surface area (Å²) in [6.45, 7) is 3.80. The average Bonchev–Trinajstić information content (AvgIpc) is 1.93. The molecule has 9 heavy (non-hydrogen) atoms. The topological polar surface area (TPSA) is 17.1 Å². The minimum absolute atomic E-state index is 0.373. The summed E-state index contributed by atoms with van der Waals surface area (Å²) in [6.07, 6.45) is 4.70. The van der Waals surface area contributed by atoms with Crippen LogP contribution in [0.1, 0.15) is 32.1 Å². The summed E-state index contributed by atoms with van der Waals surface area (Å²) < 4.78 is 0. The Balaban J connectivity index is 2.47. The number of ketones is 1. The Labute approximate surface area is 55.8 Å². The first kappa shape index (κ1) is 6.53. The molecule has 0 N–H and O–H groups in total. The van der Waals surface area contributed by atoms with E-state index in [-0.39, 0.29) is 0 Å². The van der Waals surface area contributed by atoms with Crippen LogP contribution in [-0.4, -0.2) is 5.78 Å². The lowest BCUT2D eigenvalue weighted by atomic mass is 10.1. The molecule has 1 saturated carbocycles. The van der Waals surface area contributed by atoms with Crippen molar-refractivity contribution in [2.24, 2.45) is 0 Å². The zero-order valence-electron chi connectivity index (χ0n) is 5.65. The molecule has 0 unspecified atom stereocenters. The lowest BCUT2D eigenvalue weighted by molar-refractivity contribution is -0.118. The van der Waals surface area contributed by atoms with E-state index < -0.39 is 0 Å². The monoisotopic (exact) mass is 124 g/mol. The fourth-order valence-electron chi connectivity index (χ4n) is 1.15. The molecule has 1 fully saturated rings. The van der Waals surface area contributed by atoms with Crippen molar-refractivity contribution in [3.05, 3.63) is 12.2 Å². The normalized spacial score (nSPS) is 21.8. The first-order valence-electron chi connectivity index (χ1n) is 3.47. The number of Topliss-reactive ketones (excluding diaryl/α,β-unsaturated/α-hetero) is 1. The van der Waals surface area contributed by atoms with E-state index in [0.717, 1.165) is 31.3 Å². The summed E-state index contributed by atoms with van der Waals surface area (Å²) in [6, 6.07) is 0. The zero-order chi connectivity index (χ0) is 6.69. The van der Waals surface area contributed by atoms with E-state index in [9.17, 15) is 4.79 Å². The summed E-state index contributed by atoms with van der Waals surface area (Å²) in [5.41, 5.74) is 1.12. The Kier molecular flexibility index (Phi) is 2.04. The lowest BCUT2D eigenvalue weighted by Crippen LogP contribution is -1.93. The van der Waals surface area contributed by atoms with Crippen LogP contribution in [0, 0.1) is 0 Å². The zero-order valence-corrected chi connectivity index (χ0v) is 5.65. The van der Waals surface area contributed by atoms with Crippen LogP contribution in [0.25, 0.3) is 0 Å². The number of rotatable bonds is 0. The van der Waals surface area contributed by atoms with E-state index in [1.165, 1.54) is 0 Å². The maximum atomic E-state index is 10.8. The molecule has 0 bridgehead atoms. The molecule has 0 spiro atoms. The van der Waals surface area contributed by atoms with Gasteiger partial charge in [-0.3, -0.25) is 4.79 Å². The van der Waals surface area contributed by atoms with Gasteiger partial charge in [-0.1, -0.05) is 12.2 Å². The predicted molar refractivity (Wildman–Crippen MR) is 37.2 cm³/mol. The van der Waals surface area contributed by atoms with Crippen LogP contribution in [-0.2, 0) is 4.79 Å². The van der Waals surface area contributed by atoms with Gasteiger partial charge in [0.1, 0.15) is 5.78 Å². The molecule has 0 aromatic heterocycles. The molecule has 1 nitrogen and oxygen atoms in total. The molecule has 0 aromatic rings. The Bertz CT molecular complexity index is 120. The van der Waals surface area contributed by atoms with Gasteiger partial charge in [0.25, 0.3) is 0 Å². The molecular weight excluding hydrogens is 112 g/mol. The summed E-state index contributed by atoms with van der Waals surface area (Å²) in [4.78, 5) is 10.8. The van der Waals surface area contributed by atoms with Gasteiger partial charge >= 0.3 is 0 Å². The highest BCUT2D eigenvalue weighted by molar-refractivity contribution is 5.80. The Morgan fingerprint density at radius 2 is 1.89 bits per heavy atom. The van der Waals surface area contributed by atoms with Crippen LogP contribution in [0.2, 0.25) is 0 Å². The van der Waals surface area contributed by atoms with E-state index in [0.29, 0.717) is 12.2 Å². The molecule has 1 aliphatic rings. The Morgan fingerprint density at radius 3 is 2.67 bits per heavy atom. The van der Waals surface area contributed by atoms with Gasteiger partial charge in [-0.2, -0.15) is 0 Å². The van der Waals surface area contributed by atoms with E-state index >= 15 is 0 Å². The van der Waals surface area contributed by atoms with E-state index in [2.05, 4.69) is 6.58 Å². The van der Waals surface area contributed by atoms with Gasteiger partial charge < -0.3 is 0 Å². The molecule has 0 aromatic carbocycles. The van der Waals surface area contributed by atoms with Crippen molar-refractivity contribution < 1.29 is 4.79 Å². The molecule has 0 heterocycles. The Morgan fingerprint density at radius 1 is 1.22 bits per heavy atom. The highest BCUT2D eigenvalue weighted by Crippen LogP contribution is 2.17. The standard InChI is InChI=1S/C8H12O/c1-7-4-2-3-5-8(9)6-7/h1-6H2. The molecule has 1 heteroatoms. The molecule has 0 saturated heterocycles. The molecule has 1 aliphatic carbocycles. The smallest absolute Gasteiger partial charge is 0.136 e. The van der Waals surface area contributed by atoms with Crippen molar-refractivity contribution in [2.45, 2.75) is 32.1 Å². The first-order valence-corrected chi connectivity index (χ1v) is 3.47. The molecular formula is C8H12O. The third-order valence-electron chi connectivity index (χ3n) is 1.68. The van der Waals surface area contributed by atoms with Gasteiger partial charge in [-0.25, -0.2) is 0 Å². The SMILES string of the molecule is C=C1CCCCC(=O)C1. The fraction of sp³-hybridized carbons (Fsp3) is 0.625. The van der Waals surface area contributed by atoms with Crippen LogP contribution in [0.3, 0.4) is 0 Å². The summed E-state index contributed by atoms with van der Waals surface area (Å²) in [7, 11) is 0. The van der Waals surface area contributed by atoms with Crippen LogP contribution < -0.4 is 0 Å². The second kappa shape index (κ2) is 2.81. The average molecular weight is 124 g/mol. The van der Waals surface area contributed by atoms with Crippen molar-refractivity contribution in [2.75, 3.05) is 0 Å². The van der Waals surface area contributed by atoms with Crippen LogP contribution >= 0.6 is 0 Å². The van der Waals surface area contributed by atoms with Crippen molar-refractivity contribution in [3.8, 4) is 0 Å². The van der Waals surface area contributed by atoms with Gasteiger partial charge in [-0.05, 0) is 19.3 Å². The summed E-state index contributed by atoms with van der Waals surface area (Å²) >= 11 is 0. The summed E-state index contributed by atoms with van der Waals surface area (Å²) in [5, 5.41) is 0. The highest BCUT2D eigenvalue weighted by Gasteiger charge is 2.08. The molecule has 0 amide bonds. The van der Waals surface area contributed by atoms with Crippen molar-refractivity contribution in [1.82, 2.24) is 0 Å². The number of carbonyl (C=O) groups is 1. The molecule has 1 rings (SSSR count). The first-order chi connectivity index (χ1) is 4.29. The minimum Gasteiger partial charge on any atom is -0.299 e. The number of hydrogen-bond acceptors (Lipinski definition) is 1. The van der Waals surface area contributed by atoms with Crippen LogP contribution in [0.4, 0.5) is 0 Å². The van der Waals surface area contributed by atoms with Gasteiger partial charge in [0.2, 0.25) is 0 Å². The van der Waals surface area contributed by atoms with E-state index in [1.807, 2.05) is 0 Å². The number of hydrogen-bond donors (Lipinski definition) is 0. The van der Waals surface area contributed by atoms with Crippen LogP contribution in [0.15, 0.2) is 12.2 Å².